The maximum atomic E-state index is 11.5. The van der Waals surface area contributed by atoms with Crippen molar-refractivity contribution in [3.05, 3.63) is 11.8 Å². The molecule has 5 heteroatoms. The molecule has 1 rings (SSSR count). The molecular formula is C12H21N3O2. The first-order valence-corrected chi connectivity index (χ1v) is 5.83. The molecule has 0 saturated carbocycles. The van der Waals surface area contributed by atoms with E-state index in [1.54, 1.807) is 6.92 Å². The SMILES string of the molecule is CC(O)CCC(=O)Nc1cc(C(C)(C)C)[nH]n1. The van der Waals surface area contributed by atoms with Gasteiger partial charge in [-0.1, -0.05) is 20.8 Å². The minimum absolute atomic E-state index is 0.0183. The van der Waals surface area contributed by atoms with Crippen LogP contribution in [0.1, 0.15) is 46.2 Å². The van der Waals surface area contributed by atoms with Crippen molar-refractivity contribution in [3.8, 4) is 0 Å². The molecule has 3 N–H and O–H groups in total. The average Bonchev–Trinajstić information content (AvgIpc) is 2.62. The number of H-pyrrole nitrogens is 1. The van der Waals surface area contributed by atoms with E-state index in [4.69, 9.17) is 5.11 Å². The van der Waals surface area contributed by atoms with Crippen LogP contribution in [0.3, 0.4) is 0 Å². The lowest BCUT2D eigenvalue weighted by Gasteiger charge is -2.14. The van der Waals surface area contributed by atoms with Crippen LogP contribution in [-0.4, -0.2) is 27.3 Å². The number of carbonyl (C=O) groups excluding carboxylic acids is 1. The van der Waals surface area contributed by atoms with Crippen molar-refractivity contribution in [3.63, 3.8) is 0 Å². The van der Waals surface area contributed by atoms with Crippen molar-refractivity contribution in [2.75, 3.05) is 5.32 Å². The zero-order valence-corrected chi connectivity index (χ0v) is 10.9. The van der Waals surface area contributed by atoms with E-state index in [2.05, 4.69) is 36.3 Å². The van der Waals surface area contributed by atoms with Crippen LogP contribution in [0.25, 0.3) is 0 Å². The van der Waals surface area contributed by atoms with E-state index in [9.17, 15) is 4.79 Å². The highest BCUT2D eigenvalue weighted by Crippen LogP contribution is 2.21. The monoisotopic (exact) mass is 239 g/mol. The maximum Gasteiger partial charge on any atom is 0.225 e. The van der Waals surface area contributed by atoms with Gasteiger partial charge in [-0.3, -0.25) is 9.89 Å². The van der Waals surface area contributed by atoms with Crippen LogP contribution in [0, 0.1) is 0 Å². The van der Waals surface area contributed by atoms with E-state index in [0.29, 0.717) is 18.7 Å². The van der Waals surface area contributed by atoms with E-state index in [1.165, 1.54) is 0 Å². The lowest BCUT2D eigenvalue weighted by atomic mass is 9.92. The molecule has 0 radical (unpaired) electrons. The molecule has 1 heterocycles. The third kappa shape index (κ3) is 4.56. The number of aromatic nitrogens is 2. The van der Waals surface area contributed by atoms with Gasteiger partial charge in [0, 0.05) is 23.6 Å². The molecule has 0 aliphatic heterocycles. The number of nitrogens with zero attached hydrogens (tertiary/aromatic N) is 1. The van der Waals surface area contributed by atoms with E-state index in [1.807, 2.05) is 6.07 Å². The van der Waals surface area contributed by atoms with Gasteiger partial charge in [-0.15, -0.1) is 0 Å². The second-order valence-electron chi connectivity index (χ2n) is 5.35. The standard InChI is InChI=1S/C12H21N3O2/c1-8(16)5-6-11(17)13-10-7-9(14-15-10)12(2,3)4/h7-8,16H,5-6H2,1-4H3,(H2,13,14,15,17). The molecular weight excluding hydrogens is 218 g/mol. The third-order valence-electron chi connectivity index (χ3n) is 2.44. The highest BCUT2D eigenvalue weighted by molar-refractivity contribution is 5.89. The van der Waals surface area contributed by atoms with Gasteiger partial charge < -0.3 is 10.4 Å². The van der Waals surface area contributed by atoms with Crippen LogP contribution < -0.4 is 5.32 Å². The molecule has 0 aliphatic carbocycles. The Balaban J connectivity index is 2.52. The summed E-state index contributed by atoms with van der Waals surface area (Å²) in [6.45, 7) is 7.87. The summed E-state index contributed by atoms with van der Waals surface area (Å²) in [6.07, 6.45) is 0.308. The second kappa shape index (κ2) is 5.31. The minimum Gasteiger partial charge on any atom is -0.393 e. The number of anilines is 1. The Morgan fingerprint density at radius 2 is 2.24 bits per heavy atom. The minimum atomic E-state index is -0.454. The Hall–Kier alpha value is -1.36. The Labute approximate surface area is 102 Å². The van der Waals surface area contributed by atoms with E-state index < -0.39 is 6.10 Å². The fourth-order valence-electron chi connectivity index (χ4n) is 1.32. The summed E-state index contributed by atoms with van der Waals surface area (Å²) in [5, 5.41) is 18.7. The van der Waals surface area contributed by atoms with Crippen LogP contribution in [-0.2, 0) is 10.2 Å². The maximum absolute atomic E-state index is 11.5. The quantitative estimate of drug-likeness (QED) is 0.749. The summed E-state index contributed by atoms with van der Waals surface area (Å²) in [5.41, 5.74) is 0.957. The largest absolute Gasteiger partial charge is 0.393 e. The van der Waals surface area contributed by atoms with Gasteiger partial charge in [-0.2, -0.15) is 5.10 Å². The first kappa shape index (κ1) is 13.7. The number of nitrogens with one attached hydrogen (secondary N) is 2. The molecule has 0 fully saturated rings. The number of aliphatic hydroxyl groups is 1. The van der Waals surface area contributed by atoms with Gasteiger partial charge in [0.1, 0.15) is 0 Å². The van der Waals surface area contributed by atoms with Crippen LogP contribution in [0.4, 0.5) is 5.82 Å². The number of aliphatic hydroxyl groups excluding tert-OH is 1. The van der Waals surface area contributed by atoms with Crippen molar-refractivity contribution in [2.24, 2.45) is 0 Å². The normalized spacial score (nSPS) is 13.5. The first-order chi connectivity index (χ1) is 7.79. The lowest BCUT2D eigenvalue weighted by molar-refractivity contribution is -0.116. The Morgan fingerprint density at radius 1 is 1.59 bits per heavy atom. The molecule has 0 aromatic carbocycles. The number of hydrogen-bond donors (Lipinski definition) is 3. The summed E-state index contributed by atoms with van der Waals surface area (Å²) in [5.74, 6) is 0.406. The number of amides is 1. The van der Waals surface area contributed by atoms with E-state index >= 15 is 0 Å². The smallest absolute Gasteiger partial charge is 0.225 e. The third-order valence-corrected chi connectivity index (χ3v) is 2.44. The molecule has 1 amide bonds. The summed E-state index contributed by atoms with van der Waals surface area (Å²) in [4.78, 5) is 11.5. The lowest BCUT2D eigenvalue weighted by Crippen LogP contribution is -2.14. The second-order valence-corrected chi connectivity index (χ2v) is 5.35. The van der Waals surface area contributed by atoms with Crippen molar-refractivity contribution in [2.45, 2.75) is 52.1 Å². The van der Waals surface area contributed by atoms with Gasteiger partial charge in [0.15, 0.2) is 5.82 Å². The molecule has 0 spiro atoms. The highest BCUT2D eigenvalue weighted by Gasteiger charge is 2.17. The molecule has 1 atom stereocenters. The molecule has 1 aromatic rings. The summed E-state index contributed by atoms with van der Waals surface area (Å²) < 4.78 is 0. The van der Waals surface area contributed by atoms with Crippen LogP contribution in [0.2, 0.25) is 0 Å². The molecule has 0 aliphatic rings. The van der Waals surface area contributed by atoms with Gasteiger partial charge in [-0.25, -0.2) is 0 Å². The molecule has 5 nitrogen and oxygen atoms in total. The number of carbonyl (C=O) groups is 1. The highest BCUT2D eigenvalue weighted by atomic mass is 16.3. The van der Waals surface area contributed by atoms with E-state index in [-0.39, 0.29) is 11.3 Å². The van der Waals surface area contributed by atoms with Crippen molar-refractivity contribution >= 4 is 11.7 Å². The first-order valence-electron chi connectivity index (χ1n) is 5.83. The van der Waals surface area contributed by atoms with Crippen molar-refractivity contribution in [1.29, 1.82) is 0 Å². The van der Waals surface area contributed by atoms with Gasteiger partial charge in [-0.05, 0) is 13.3 Å². The Morgan fingerprint density at radius 3 is 2.71 bits per heavy atom. The van der Waals surface area contributed by atoms with Crippen molar-refractivity contribution in [1.82, 2.24) is 10.2 Å². The number of aromatic amines is 1. The predicted molar refractivity (Wildman–Crippen MR) is 66.8 cm³/mol. The molecule has 1 aromatic heterocycles. The molecule has 96 valence electrons. The van der Waals surface area contributed by atoms with Gasteiger partial charge in [0.05, 0.1) is 6.10 Å². The van der Waals surface area contributed by atoms with Gasteiger partial charge in [0.25, 0.3) is 0 Å². The zero-order chi connectivity index (χ0) is 13.1. The van der Waals surface area contributed by atoms with Crippen LogP contribution in [0.5, 0.6) is 0 Å². The topological polar surface area (TPSA) is 78.0 Å². The fraction of sp³-hybridized carbons (Fsp3) is 0.667. The molecule has 0 bridgehead atoms. The number of hydrogen-bond acceptors (Lipinski definition) is 3. The molecule has 1 unspecified atom stereocenters. The molecule has 0 saturated heterocycles. The predicted octanol–water partition coefficient (Wildman–Crippen LogP) is 1.81. The van der Waals surface area contributed by atoms with Crippen molar-refractivity contribution < 1.29 is 9.90 Å². The van der Waals surface area contributed by atoms with Gasteiger partial charge >= 0.3 is 0 Å². The zero-order valence-electron chi connectivity index (χ0n) is 10.9. The van der Waals surface area contributed by atoms with E-state index in [0.717, 1.165) is 5.69 Å². The Kier molecular flexibility index (Phi) is 4.28. The summed E-state index contributed by atoms with van der Waals surface area (Å²) in [7, 11) is 0. The fourth-order valence-corrected chi connectivity index (χ4v) is 1.32. The summed E-state index contributed by atoms with van der Waals surface area (Å²) >= 11 is 0. The average molecular weight is 239 g/mol. The van der Waals surface area contributed by atoms with Gasteiger partial charge in [0.2, 0.25) is 5.91 Å². The van der Waals surface area contributed by atoms with Crippen LogP contribution >= 0.6 is 0 Å². The van der Waals surface area contributed by atoms with Crippen LogP contribution in [0.15, 0.2) is 6.07 Å². The summed E-state index contributed by atoms with van der Waals surface area (Å²) in [6, 6.07) is 1.83. The Bertz CT molecular complexity index is 377. The number of rotatable bonds is 4. The molecule has 17 heavy (non-hydrogen) atoms.